The molecule has 9 heteroatoms. The highest BCUT2D eigenvalue weighted by atomic mass is 79.9. The van der Waals surface area contributed by atoms with Gasteiger partial charge in [-0.3, -0.25) is 0 Å². The zero-order valence-corrected chi connectivity index (χ0v) is 18.0. The van der Waals surface area contributed by atoms with Crippen LogP contribution < -0.4 is 14.2 Å². The number of ether oxygens (including phenoxy) is 2. The van der Waals surface area contributed by atoms with Gasteiger partial charge in [-0.25, -0.2) is 13.4 Å². The highest BCUT2D eigenvalue weighted by Gasteiger charge is 2.26. The van der Waals surface area contributed by atoms with Crippen LogP contribution in [0.25, 0.3) is 0 Å². The molecule has 148 valence electrons. The van der Waals surface area contributed by atoms with Crippen molar-refractivity contribution in [2.24, 2.45) is 7.05 Å². The molecule has 0 fully saturated rings. The maximum absolute atomic E-state index is 13.1. The molecule has 3 rings (SSSR count). The summed E-state index contributed by atoms with van der Waals surface area (Å²) in [6.07, 6.45) is 3.40. The molecule has 0 saturated heterocycles. The summed E-state index contributed by atoms with van der Waals surface area (Å²) >= 11 is 3.33. The fourth-order valence-electron chi connectivity index (χ4n) is 2.76. The number of imidazole rings is 1. The van der Waals surface area contributed by atoms with Gasteiger partial charge in [0.25, 0.3) is 0 Å². The van der Waals surface area contributed by atoms with E-state index in [0.29, 0.717) is 21.8 Å². The van der Waals surface area contributed by atoms with Crippen molar-refractivity contribution in [2.75, 3.05) is 14.2 Å². The molecule has 0 amide bonds. The van der Waals surface area contributed by atoms with Crippen LogP contribution in [-0.4, -0.2) is 32.2 Å². The Labute approximate surface area is 172 Å². The lowest BCUT2D eigenvalue weighted by molar-refractivity contribution is 0.411. The zero-order chi connectivity index (χ0) is 20.3. The van der Waals surface area contributed by atoms with Gasteiger partial charge in [0, 0.05) is 19.4 Å². The summed E-state index contributed by atoms with van der Waals surface area (Å²) in [5, 5.41) is 0. The number of rotatable bonds is 7. The van der Waals surface area contributed by atoms with Crippen LogP contribution in [0.15, 0.2) is 64.2 Å². The summed E-state index contributed by atoms with van der Waals surface area (Å²) in [6.45, 7) is 0. The number of aryl methyl sites for hydroxylation is 1. The Bertz CT molecular complexity index is 1070. The monoisotopic (exact) mass is 465 g/mol. The summed E-state index contributed by atoms with van der Waals surface area (Å²) in [5.74, 6) is 1.81. The number of nitrogens with one attached hydrogen (secondary N) is 1. The molecule has 0 aliphatic heterocycles. The minimum Gasteiger partial charge on any atom is -0.497 e. The van der Waals surface area contributed by atoms with Gasteiger partial charge in [0.1, 0.15) is 23.4 Å². The average Bonchev–Trinajstić information content (AvgIpc) is 3.12. The minimum atomic E-state index is -3.83. The van der Waals surface area contributed by atoms with Crippen LogP contribution in [0.3, 0.4) is 0 Å². The third-order valence-corrected chi connectivity index (χ3v) is 6.31. The average molecular weight is 466 g/mol. The number of hydrogen-bond donors (Lipinski definition) is 1. The van der Waals surface area contributed by atoms with Crippen LogP contribution in [0, 0.1) is 0 Å². The molecule has 7 nitrogen and oxygen atoms in total. The maximum Gasteiger partial charge on any atom is 0.241 e. The SMILES string of the molecule is COc1ccc(C(NS(=O)(=O)c2ccc(OC)c(Br)c2)c2nccn2C)cc1. The van der Waals surface area contributed by atoms with E-state index in [1.165, 1.54) is 19.2 Å². The second-order valence-electron chi connectivity index (χ2n) is 6.02. The number of benzene rings is 2. The Morgan fingerprint density at radius 3 is 2.36 bits per heavy atom. The van der Waals surface area contributed by atoms with E-state index in [2.05, 4.69) is 25.6 Å². The molecular weight excluding hydrogens is 446 g/mol. The minimum absolute atomic E-state index is 0.118. The summed E-state index contributed by atoms with van der Waals surface area (Å²) < 4.78 is 41.6. The van der Waals surface area contributed by atoms with Crippen molar-refractivity contribution in [2.45, 2.75) is 10.9 Å². The fraction of sp³-hybridized carbons (Fsp3) is 0.211. The van der Waals surface area contributed by atoms with E-state index < -0.39 is 16.1 Å². The summed E-state index contributed by atoms with van der Waals surface area (Å²) in [6, 6.07) is 11.1. The molecule has 0 radical (unpaired) electrons. The lowest BCUT2D eigenvalue weighted by Gasteiger charge is -2.20. The van der Waals surface area contributed by atoms with Crippen molar-refractivity contribution in [1.29, 1.82) is 0 Å². The van der Waals surface area contributed by atoms with E-state index >= 15 is 0 Å². The van der Waals surface area contributed by atoms with Gasteiger partial charge >= 0.3 is 0 Å². The van der Waals surface area contributed by atoms with Crippen LogP contribution in [0.5, 0.6) is 11.5 Å². The first-order chi connectivity index (χ1) is 13.4. The number of hydrogen-bond acceptors (Lipinski definition) is 5. The van der Waals surface area contributed by atoms with E-state index in [1.807, 2.05) is 19.2 Å². The Hall–Kier alpha value is -2.36. The predicted octanol–water partition coefficient (Wildman–Crippen LogP) is 3.27. The molecule has 2 aromatic carbocycles. The first-order valence-corrected chi connectivity index (χ1v) is 10.6. The van der Waals surface area contributed by atoms with Gasteiger partial charge in [0.2, 0.25) is 10.0 Å². The Morgan fingerprint density at radius 2 is 1.82 bits per heavy atom. The standard InChI is InChI=1S/C19H20BrN3O4S/c1-23-11-10-21-19(23)18(13-4-6-14(26-2)7-5-13)22-28(24,25)15-8-9-17(27-3)16(20)12-15/h4-12,18,22H,1-3H3. The number of nitrogens with zero attached hydrogens (tertiary/aromatic N) is 2. The molecule has 1 unspecified atom stereocenters. The lowest BCUT2D eigenvalue weighted by Crippen LogP contribution is -2.31. The summed E-state index contributed by atoms with van der Waals surface area (Å²) in [4.78, 5) is 4.45. The van der Waals surface area contributed by atoms with Gasteiger partial charge in [-0.15, -0.1) is 0 Å². The normalized spacial score (nSPS) is 12.6. The van der Waals surface area contributed by atoms with Gasteiger partial charge in [0.15, 0.2) is 0 Å². The van der Waals surface area contributed by atoms with E-state index in [4.69, 9.17) is 9.47 Å². The highest BCUT2D eigenvalue weighted by molar-refractivity contribution is 9.10. The summed E-state index contributed by atoms with van der Waals surface area (Å²) in [5.41, 5.74) is 0.742. The van der Waals surface area contributed by atoms with E-state index in [1.54, 1.807) is 42.3 Å². The van der Waals surface area contributed by atoms with E-state index in [-0.39, 0.29) is 4.90 Å². The van der Waals surface area contributed by atoms with Crippen molar-refractivity contribution in [3.05, 3.63) is 70.7 Å². The van der Waals surface area contributed by atoms with Crippen LogP contribution in [0.2, 0.25) is 0 Å². The molecule has 1 atom stereocenters. The molecule has 0 bridgehead atoms. The smallest absolute Gasteiger partial charge is 0.241 e. The van der Waals surface area contributed by atoms with Gasteiger partial charge in [-0.2, -0.15) is 4.72 Å². The topological polar surface area (TPSA) is 82.4 Å². The predicted molar refractivity (Wildman–Crippen MR) is 109 cm³/mol. The number of aromatic nitrogens is 2. The van der Waals surface area contributed by atoms with Gasteiger partial charge in [0.05, 0.1) is 23.6 Å². The molecular formula is C19H20BrN3O4S. The fourth-order valence-corrected chi connectivity index (χ4v) is 4.66. The van der Waals surface area contributed by atoms with E-state index in [0.717, 1.165) is 5.56 Å². The molecule has 3 aromatic rings. The van der Waals surface area contributed by atoms with Crippen LogP contribution in [0.4, 0.5) is 0 Å². The first kappa shape index (κ1) is 20.4. The van der Waals surface area contributed by atoms with Crippen molar-refractivity contribution >= 4 is 26.0 Å². The van der Waals surface area contributed by atoms with Gasteiger partial charge in [-0.1, -0.05) is 12.1 Å². The molecule has 0 spiro atoms. The Balaban J connectivity index is 2.01. The maximum atomic E-state index is 13.1. The lowest BCUT2D eigenvalue weighted by atomic mass is 10.1. The van der Waals surface area contributed by atoms with Crippen LogP contribution in [0.1, 0.15) is 17.4 Å². The largest absolute Gasteiger partial charge is 0.497 e. The molecule has 1 N–H and O–H groups in total. The molecule has 0 aliphatic rings. The third kappa shape index (κ3) is 4.21. The van der Waals surface area contributed by atoms with Gasteiger partial charge in [-0.05, 0) is 51.8 Å². The Kier molecular flexibility index (Phi) is 6.07. The zero-order valence-electron chi connectivity index (χ0n) is 15.6. The van der Waals surface area contributed by atoms with Crippen molar-refractivity contribution in [3.8, 4) is 11.5 Å². The second kappa shape index (κ2) is 8.34. The molecule has 0 aliphatic carbocycles. The molecule has 1 aromatic heterocycles. The highest BCUT2D eigenvalue weighted by Crippen LogP contribution is 2.29. The second-order valence-corrected chi connectivity index (χ2v) is 8.59. The summed E-state index contributed by atoms with van der Waals surface area (Å²) in [7, 11) is 1.08. The quantitative estimate of drug-likeness (QED) is 0.578. The van der Waals surface area contributed by atoms with Gasteiger partial charge < -0.3 is 14.0 Å². The van der Waals surface area contributed by atoms with Crippen LogP contribution >= 0.6 is 15.9 Å². The Morgan fingerprint density at radius 1 is 1.11 bits per heavy atom. The third-order valence-electron chi connectivity index (χ3n) is 4.27. The number of halogens is 1. The van der Waals surface area contributed by atoms with Crippen molar-refractivity contribution < 1.29 is 17.9 Å². The number of sulfonamides is 1. The van der Waals surface area contributed by atoms with Crippen LogP contribution in [-0.2, 0) is 17.1 Å². The molecule has 28 heavy (non-hydrogen) atoms. The van der Waals surface area contributed by atoms with Crippen molar-refractivity contribution in [1.82, 2.24) is 14.3 Å². The number of methoxy groups -OCH3 is 2. The molecule has 1 heterocycles. The first-order valence-electron chi connectivity index (χ1n) is 8.32. The molecule has 0 saturated carbocycles. The van der Waals surface area contributed by atoms with Crippen molar-refractivity contribution in [3.63, 3.8) is 0 Å². The van der Waals surface area contributed by atoms with E-state index in [9.17, 15) is 8.42 Å².